The first-order valence-electron chi connectivity index (χ1n) is 9.02. The highest BCUT2D eigenvalue weighted by Crippen LogP contribution is 2.21. The summed E-state index contributed by atoms with van der Waals surface area (Å²) in [6.45, 7) is 8.75. The van der Waals surface area contributed by atoms with E-state index in [-0.39, 0.29) is 0 Å². The molecule has 0 N–H and O–H groups in total. The molecule has 2 aromatic rings. The number of morpholine rings is 1. The van der Waals surface area contributed by atoms with Gasteiger partial charge in [0.25, 0.3) is 0 Å². The summed E-state index contributed by atoms with van der Waals surface area (Å²) < 4.78 is 10.5. The van der Waals surface area contributed by atoms with Gasteiger partial charge in [-0.25, -0.2) is 19.7 Å². The van der Waals surface area contributed by atoms with Gasteiger partial charge in [0.2, 0.25) is 0 Å². The van der Waals surface area contributed by atoms with E-state index in [0.717, 1.165) is 43.5 Å². The number of hydrogen-bond donors (Lipinski definition) is 0. The zero-order valence-corrected chi connectivity index (χ0v) is 16.8. The molecule has 0 atom stereocenters. The molecule has 0 bridgehead atoms. The molecule has 0 amide bonds. The molecule has 0 spiro atoms. The molecular weight excluding hydrogens is 366 g/mol. The Labute approximate surface area is 163 Å². The number of nitrogens with zero attached hydrogens (tertiary/aromatic N) is 5. The van der Waals surface area contributed by atoms with Crippen molar-refractivity contribution in [3.05, 3.63) is 33.7 Å². The van der Waals surface area contributed by atoms with Gasteiger partial charge in [-0.2, -0.15) is 0 Å². The lowest BCUT2D eigenvalue weighted by Gasteiger charge is -2.25. The normalized spacial score (nSPS) is 14.9. The van der Waals surface area contributed by atoms with Crippen molar-refractivity contribution in [3.63, 3.8) is 0 Å². The zero-order valence-electron chi connectivity index (χ0n) is 16.0. The van der Waals surface area contributed by atoms with E-state index in [1.54, 1.807) is 25.2 Å². The number of aryl methyl sites for hydroxylation is 1. The van der Waals surface area contributed by atoms with Crippen molar-refractivity contribution < 1.29 is 14.3 Å². The minimum absolute atomic E-state index is 0.312. The molecule has 0 saturated carbocycles. The average molecular weight is 391 g/mol. The molecule has 0 aromatic carbocycles. The van der Waals surface area contributed by atoms with Crippen molar-refractivity contribution in [1.29, 1.82) is 0 Å². The molecule has 3 heterocycles. The van der Waals surface area contributed by atoms with Gasteiger partial charge in [0, 0.05) is 31.7 Å². The van der Waals surface area contributed by atoms with Gasteiger partial charge in [-0.1, -0.05) is 0 Å². The Kier molecular flexibility index (Phi) is 6.70. The Bertz CT molecular complexity index is 776. The smallest absolute Gasteiger partial charge is 0.343 e. The summed E-state index contributed by atoms with van der Waals surface area (Å²) in [5, 5.41) is 3.15. The van der Waals surface area contributed by atoms with E-state index in [0.29, 0.717) is 30.4 Å². The van der Waals surface area contributed by atoms with Crippen molar-refractivity contribution in [2.24, 2.45) is 0 Å². The van der Waals surface area contributed by atoms with Crippen LogP contribution in [0.2, 0.25) is 0 Å². The second-order valence-electron chi connectivity index (χ2n) is 6.35. The molecule has 0 radical (unpaired) electrons. The summed E-state index contributed by atoms with van der Waals surface area (Å²) in [4.78, 5) is 29.8. The maximum absolute atomic E-state index is 12.2. The van der Waals surface area contributed by atoms with E-state index in [2.05, 4.69) is 20.2 Å². The Balaban J connectivity index is 1.69. The van der Waals surface area contributed by atoms with Gasteiger partial charge in [-0.15, -0.1) is 11.3 Å². The van der Waals surface area contributed by atoms with Crippen LogP contribution in [0.5, 0.6) is 0 Å². The first-order valence-corrected chi connectivity index (χ1v) is 9.90. The summed E-state index contributed by atoms with van der Waals surface area (Å²) in [7, 11) is 1.89. The van der Waals surface area contributed by atoms with Crippen LogP contribution >= 0.6 is 11.3 Å². The summed E-state index contributed by atoms with van der Waals surface area (Å²) in [5.74, 6) is 0.755. The SMILES string of the molecule is CCOC(=O)c1cnc(C)nc1N(C)Cc1csc(CN2CCOCC2)n1. The third-order valence-corrected chi connectivity index (χ3v) is 5.09. The number of esters is 1. The van der Waals surface area contributed by atoms with Crippen LogP contribution in [0.4, 0.5) is 5.82 Å². The van der Waals surface area contributed by atoms with Crippen molar-refractivity contribution in [2.75, 3.05) is 44.9 Å². The first kappa shape index (κ1) is 19.7. The van der Waals surface area contributed by atoms with Gasteiger partial charge >= 0.3 is 5.97 Å². The lowest BCUT2D eigenvalue weighted by molar-refractivity contribution is 0.0341. The third kappa shape index (κ3) is 5.21. The average Bonchev–Trinajstić information content (AvgIpc) is 3.09. The van der Waals surface area contributed by atoms with Gasteiger partial charge in [0.15, 0.2) is 0 Å². The number of carbonyl (C=O) groups is 1. The fraction of sp³-hybridized carbons (Fsp3) is 0.556. The topological polar surface area (TPSA) is 80.7 Å². The summed E-state index contributed by atoms with van der Waals surface area (Å²) >= 11 is 1.66. The highest BCUT2D eigenvalue weighted by Gasteiger charge is 2.19. The molecule has 0 aliphatic carbocycles. The molecule has 1 aliphatic heterocycles. The molecule has 1 aliphatic rings. The Hall–Kier alpha value is -2.10. The Morgan fingerprint density at radius 2 is 2.15 bits per heavy atom. The van der Waals surface area contributed by atoms with E-state index in [1.807, 2.05) is 11.9 Å². The fourth-order valence-corrected chi connectivity index (χ4v) is 3.69. The molecule has 2 aromatic heterocycles. The number of carbonyl (C=O) groups excluding carboxylic acids is 1. The third-order valence-electron chi connectivity index (χ3n) is 4.21. The van der Waals surface area contributed by atoms with Crippen molar-refractivity contribution in [2.45, 2.75) is 26.9 Å². The Morgan fingerprint density at radius 1 is 1.37 bits per heavy atom. The van der Waals surface area contributed by atoms with Gasteiger partial charge in [0.1, 0.15) is 22.2 Å². The quantitative estimate of drug-likeness (QED) is 0.662. The molecule has 1 fully saturated rings. The minimum Gasteiger partial charge on any atom is -0.462 e. The summed E-state index contributed by atoms with van der Waals surface area (Å²) in [6.07, 6.45) is 1.52. The van der Waals surface area contributed by atoms with E-state index >= 15 is 0 Å². The number of ether oxygens (including phenoxy) is 2. The monoisotopic (exact) mass is 391 g/mol. The fourth-order valence-electron chi connectivity index (χ4n) is 2.86. The van der Waals surface area contributed by atoms with Crippen molar-refractivity contribution in [3.8, 4) is 0 Å². The predicted octanol–water partition coefficient (Wildman–Crippen LogP) is 1.89. The van der Waals surface area contributed by atoms with Crippen molar-refractivity contribution in [1.82, 2.24) is 19.9 Å². The lowest BCUT2D eigenvalue weighted by atomic mass is 10.2. The standard InChI is InChI=1S/C18H25N5O3S/c1-4-26-18(24)15-9-19-13(2)20-17(15)22(3)10-14-12-27-16(21-14)11-23-5-7-25-8-6-23/h9,12H,4-8,10-11H2,1-3H3. The van der Waals surface area contributed by atoms with E-state index in [9.17, 15) is 4.79 Å². The van der Waals surface area contributed by atoms with Crippen LogP contribution in [0.15, 0.2) is 11.6 Å². The second kappa shape index (κ2) is 9.20. The van der Waals surface area contributed by atoms with E-state index < -0.39 is 5.97 Å². The molecule has 9 heteroatoms. The van der Waals surface area contributed by atoms with Crippen LogP contribution in [-0.2, 0) is 22.6 Å². The molecule has 27 heavy (non-hydrogen) atoms. The molecular formula is C18H25N5O3S. The number of thiazole rings is 1. The number of hydrogen-bond acceptors (Lipinski definition) is 9. The van der Waals surface area contributed by atoms with Gasteiger partial charge in [-0.3, -0.25) is 4.90 Å². The molecule has 3 rings (SSSR count). The van der Waals surface area contributed by atoms with E-state index in [1.165, 1.54) is 6.20 Å². The highest BCUT2D eigenvalue weighted by atomic mass is 32.1. The van der Waals surface area contributed by atoms with Crippen LogP contribution in [0, 0.1) is 6.92 Å². The molecule has 8 nitrogen and oxygen atoms in total. The number of anilines is 1. The maximum Gasteiger partial charge on any atom is 0.343 e. The zero-order chi connectivity index (χ0) is 19.2. The first-order chi connectivity index (χ1) is 13.1. The van der Waals surface area contributed by atoms with Crippen LogP contribution < -0.4 is 4.90 Å². The van der Waals surface area contributed by atoms with Crippen LogP contribution in [-0.4, -0.2) is 65.8 Å². The molecule has 146 valence electrons. The maximum atomic E-state index is 12.2. The predicted molar refractivity (Wildman–Crippen MR) is 103 cm³/mol. The Morgan fingerprint density at radius 3 is 2.89 bits per heavy atom. The largest absolute Gasteiger partial charge is 0.462 e. The van der Waals surface area contributed by atoms with Crippen LogP contribution in [0.3, 0.4) is 0 Å². The van der Waals surface area contributed by atoms with Crippen molar-refractivity contribution >= 4 is 23.1 Å². The van der Waals surface area contributed by atoms with Crippen LogP contribution in [0.1, 0.15) is 33.8 Å². The minimum atomic E-state index is -0.411. The lowest BCUT2D eigenvalue weighted by Crippen LogP contribution is -2.35. The van der Waals surface area contributed by atoms with Gasteiger partial charge < -0.3 is 14.4 Å². The highest BCUT2D eigenvalue weighted by molar-refractivity contribution is 7.09. The number of aromatic nitrogens is 3. The molecule has 0 unspecified atom stereocenters. The van der Waals surface area contributed by atoms with Gasteiger partial charge in [0.05, 0.1) is 38.6 Å². The van der Waals surface area contributed by atoms with Crippen LogP contribution in [0.25, 0.3) is 0 Å². The molecule has 1 saturated heterocycles. The van der Waals surface area contributed by atoms with Gasteiger partial charge in [-0.05, 0) is 13.8 Å². The summed E-state index contributed by atoms with van der Waals surface area (Å²) in [5.41, 5.74) is 1.32. The summed E-state index contributed by atoms with van der Waals surface area (Å²) in [6, 6.07) is 0. The number of rotatable bonds is 7. The van der Waals surface area contributed by atoms with E-state index in [4.69, 9.17) is 14.5 Å². The second-order valence-corrected chi connectivity index (χ2v) is 7.29.